The van der Waals surface area contributed by atoms with Gasteiger partial charge in [-0.2, -0.15) is 5.10 Å². The molecule has 0 heterocycles. The summed E-state index contributed by atoms with van der Waals surface area (Å²) >= 11 is 3.46. The molecule has 1 N–H and O–H groups in total. The van der Waals surface area contributed by atoms with E-state index in [1.807, 2.05) is 54.6 Å². The molecule has 0 amide bonds. The van der Waals surface area contributed by atoms with Gasteiger partial charge in [-0.1, -0.05) is 52.3 Å². The van der Waals surface area contributed by atoms with Crippen molar-refractivity contribution in [1.29, 1.82) is 0 Å². The number of hydrogen-bond donors (Lipinski definition) is 1. The first-order valence-corrected chi connectivity index (χ1v) is 5.74. The minimum atomic E-state index is 0.978. The van der Waals surface area contributed by atoms with E-state index in [2.05, 4.69) is 26.5 Å². The third-order valence-corrected chi connectivity index (χ3v) is 2.80. The van der Waals surface area contributed by atoms with Crippen LogP contribution < -0.4 is 5.43 Å². The van der Waals surface area contributed by atoms with Crippen LogP contribution in [0.15, 0.2) is 64.2 Å². The van der Waals surface area contributed by atoms with Crippen LogP contribution in [0.1, 0.15) is 5.56 Å². The van der Waals surface area contributed by atoms with E-state index in [0.29, 0.717) is 0 Å². The molecule has 0 radical (unpaired) electrons. The second kappa shape index (κ2) is 5.47. The van der Waals surface area contributed by atoms with Crippen LogP contribution in [-0.2, 0) is 0 Å². The second-order valence-corrected chi connectivity index (χ2v) is 4.11. The van der Waals surface area contributed by atoms with Crippen molar-refractivity contribution in [2.75, 3.05) is 5.43 Å². The molecule has 2 rings (SSSR count). The Morgan fingerprint density at radius 2 is 1.62 bits per heavy atom. The Balaban J connectivity index is 2.03. The summed E-state index contributed by atoms with van der Waals surface area (Å²) < 4.78 is 1.04. The van der Waals surface area contributed by atoms with E-state index in [0.717, 1.165) is 15.7 Å². The van der Waals surface area contributed by atoms with Gasteiger partial charge in [-0.05, 0) is 18.2 Å². The molecule has 0 aromatic heterocycles. The molecule has 0 spiro atoms. The van der Waals surface area contributed by atoms with Crippen molar-refractivity contribution in [3.63, 3.8) is 0 Å². The second-order valence-electron chi connectivity index (χ2n) is 3.26. The quantitative estimate of drug-likeness (QED) is 0.667. The van der Waals surface area contributed by atoms with Gasteiger partial charge in [0.1, 0.15) is 0 Å². The molecule has 0 fully saturated rings. The van der Waals surface area contributed by atoms with Crippen LogP contribution in [-0.4, -0.2) is 6.21 Å². The molecule has 0 atom stereocenters. The van der Waals surface area contributed by atoms with Crippen LogP contribution in [0.25, 0.3) is 0 Å². The van der Waals surface area contributed by atoms with Crippen LogP contribution in [0.3, 0.4) is 0 Å². The Bertz CT molecular complexity index is 480. The molecular formula is C13H11BrN2. The standard InChI is InChI=1S/C13H11BrN2/c14-13-9-5-4-6-11(13)10-15-16-12-7-2-1-3-8-12/h1-10,16H/b15-10+. The third-order valence-electron chi connectivity index (χ3n) is 2.08. The molecule has 0 aliphatic heterocycles. The summed E-state index contributed by atoms with van der Waals surface area (Å²) in [5.74, 6) is 0. The maximum atomic E-state index is 4.17. The average molecular weight is 275 g/mol. The van der Waals surface area contributed by atoms with Gasteiger partial charge in [-0.15, -0.1) is 0 Å². The minimum absolute atomic E-state index is 0.978. The van der Waals surface area contributed by atoms with Gasteiger partial charge in [-0.25, -0.2) is 0 Å². The van der Waals surface area contributed by atoms with E-state index in [-0.39, 0.29) is 0 Å². The fraction of sp³-hybridized carbons (Fsp3) is 0. The predicted molar refractivity (Wildman–Crippen MR) is 71.8 cm³/mol. The Morgan fingerprint density at radius 1 is 0.938 bits per heavy atom. The Hall–Kier alpha value is -1.61. The first kappa shape index (κ1) is 10.9. The lowest BCUT2D eigenvalue weighted by molar-refractivity contribution is 1.35. The van der Waals surface area contributed by atoms with Crippen molar-refractivity contribution in [3.8, 4) is 0 Å². The number of anilines is 1. The highest BCUT2D eigenvalue weighted by Gasteiger charge is 1.93. The SMILES string of the molecule is Brc1ccccc1/C=N/Nc1ccccc1. The van der Waals surface area contributed by atoms with Gasteiger partial charge in [0.25, 0.3) is 0 Å². The molecule has 0 saturated heterocycles. The molecule has 3 heteroatoms. The lowest BCUT2D eigenvalue weighted by Gasteiger charge is -1.99. The molecule has 2 aromatic rings. The molecule has 16 heavy (non-hydrogen) atoms. The highest BCUT2D eigenvalue weighted by atomic mass is 79.9. The van der Waals surface area contributed by atoms with Crippen molar-refractivity contribution in [3.05, 3.63) is 64.6 Å². The van der Waals surface area contributed by atoms with Crippen molar-refractivity contribution in [1.82, 2.24) is 0 Å². The van der Waals surface area contributed by atoms with Crippen LogP contribution >= 0.6 is 15.9 Å². The van der Waals surface area contributed by atoms with Gasteiger partial charge in [-0.3, -0.25) is 5.43 Å². The van der Waals surface area contributed by atoms with E-state index < -0.39 is 0 Å². The number of nitrogens with zero attached hydrogens (tertiary/aromatic N) is 1. The van der Waals surface area contributed by atoms with E-state index >= 15 is 0 Å². The van der Waals surface area contributed by atoms with E-state index in [1.165, 1.54) is 0 Å². The minimum Gasteiger partial charge on any atom is -0.279 e. The van der Waals surface area contributed by atoms with Crippen LogP contribution in [0.4, 0.5) is 5.69 Å². The number of hydrazone groups is 1. The highest BCUT2D eigenvalue weighted by molar-refractivity contribution is 9.10. The summed E-state index contributed by atoms with van der Waals surface area (Å²) in [6.45, 7) is 0. The zero-order valence-corrected chi connectivity index (χ0v) is 10.2. The average Bonchev–Trinajstić information content (AvgIpc) is 2.33. The zero-order chi connectivity index (χ0) is 11.2. The lowest BCUT2D eigenvalue weighted by atomic mass is 10.2. The van der Waals surface area contributed by atoms with E-state index in [9.17, 15) is 0 Å². The Morgan fingerprint density at radius 3 is 2.38 bits per heavy atom. The summed E-state index contributed by atoms with van der Waals surface area (Å²) in [7, 11) is 0. The summed E-state index contributed by atoms with van der Waals surface area (Å²) in [5.41, 5.74) is 4.99. The summed E-state index contributed by atoms with van der Waals surface area (Å²) in [5, 5.41) is 4.17. The number of rotatable bonds is 3. The molecule has 80 valence electrons. The molecule has 0 bridgehead atoms. The van der Waals surface area contributed by atoms with Crippen LogP contribution in [0, 0.1) is 0 Å². The van der Waals surface area contributed by atoms with Crippen molar-refractivity contribution < 1.29 is 0 Å². The third kappa shape index (κ3) is 2.94. The van der Waals surface area contributed by atoms with Crippen molar-refractivity contribution in [2.45, 2.75) is 0 Å². The monoisotopic (exact) mass is 274 g/mol. The van der Waals surface area contributed by atoms with Gasteiger partial charge < -0.3 is 0 Å². The van der Waals surface area contributed by atoms with Gasteiger partial charge in [0.15, 0.2) is 0 Å². The van der Waals surface area contributed by atoms with Crippen LogP contribution in [0.2, 0.25) is 0 Å². The first-order valence-electron chi connectivity index (χ1n) is 4.95. The topological polar surface area (TPSA) is 24.4 Å². The Labute approximate surface area is 103 Å². The fourth-order valence-corrected chi connectivity index (χ4v) is 1.66. The maximum Gasteiger partial charge on any atom is 0.0561 e. The number of benzene rings is 2. The molecule has 0 aliphatic carbocycles. The highest BCUT2D eigenvalue weighted by Crippen LogP contribution is 2.13. The molecule has 2 nitrogen and oxygen atoms in total. The zero-order valence-electron chi connectivity index (χ0n) is 8.60. The molecule has 0 unspecified atom stereocenters. The number of nitrogens with one attached hydrogen (secondary N) is 1. The Kier molecular flexibility index (Phi) is 3.72. The number of hydrogen-bond acceptors (Lipinski definition) is 2. The smallest absolute Gasteiger partial charge is 0.0561 e. The first-order chi connectivity index (χ1) is 7.86. The summed E-state index contributed by atoms with van der Waals surface area (Å²) in [6, 6.07) is 17.8. The lowest BCUT2D eigenvalue weighted by Crippen LogP contribution is -1.90. The van der Waals surface area contributed by atoms with Gasteiger partial charge in [0.2, 0.25) is 0 Å². The van der Waals surface area contributed by atoms with Crippen LogP contribution in [0.5, 0.6) is 0 Å². The van der Waals surface area contributed by atoms with Crippen molar-refractivity contribution in [2.24, 2.45) is 5.10 Å². The summed E-state index contributed by atoms with van der Waals surface area (Å²) in [4.78, 5) is 0. The normalized spacial score (nSPS) is 10.6. The van der Waals surface area contributed by atoms with Gasteiger partial charge >= 0.3 is 0 Å². The van der Waals surface area contributed by atoms with Gasteiger partial charge in [0, 0.05) is 10.0 Å². The largest absolute Gasteiger partial charge is 0.279 e. The number of para-hydroxylation sites is 1. The van der Waals surface area contributed by atoms with E-state index in [1.54, 1.807) is 6.21 Å². The fourth-order valence-electron chi connectivity index (χ4n) is 1.27. The predicted octanol–water partition coefficient (Wildman–Crippen LogP) is 3.90. The number of halogens is 1. The molecule has 0 aliphatic rings. The molecular weight excluding hydrogens is 264 g/mol. The van der Waals surface area contributed by atoms with E-state index in [4.69, 9.17) is 0 Å². The molecule has 0 saturated carbocycles. The van der Waals surface area contributed by atoms with Gasteiger partial charge in [0.05, 0.1) is 11.9 Å². The van der Waals surface area contributed by atoms with Crippen molar-refractivity contribution >= 4 is 27.8 Å². The molecule has 2 aromatic carbocycles. The summed E-state index contributed by atoms with van der Waals surface area (Å²) in [6.07, 6.45) is 1.79. The maximum absolute atomic E-state index is 4.17.